The van der Waals surface area contributed by atoms with Crippen LogP contribution in [0.3, 0.4) is 0 Å². The molecule has 1 saturated heterocycles. The highest BCUT2D eigenvalue weighted by atomic mass is 16.5. The predicted molar refractivity (Wildman–Crippen MR) is 141 cm³/mol. The molecule has 0 unspecified atom stereocenters. The van der Waals surface area contributed by atoms with Crippen molar-refractivity contribution in [3.05, 3.63) is 60.7 Å². The lowest BCUT2D eigenvalue weighted by Gasteiger charge is -2.36. The largest absolute Gasteiger partial charge is 0.464 e. The van der Waals surface area contributed by atoms with Crippen molar-refractivity contribution in [2.45, 2.75) is 26.2 Å². The molecule has 0 spiro atoms. The number of ether oxygens (including phenoxy) is 1. The van der Waals surface area contributed by atoms with Gasteiger partial charge in [0.05, 0.1) is 35.7 Å². The normalized spacial score (nSPS) is 17.8. The molecule has 9 nitrogen and oxygen atoms in total. The van der Waals surface area contributed by atoms with Crippen molar-refractivity contribution in [1.82, 2.24) is 34.4 Å². The van der Waals surface area contributed by atoms with E-state index in [4.69, 9.17) is 14.7 Å². The molecule has 1 N–H and O–H groups in total. The highest BCUT2D eigenvalue weighted by Gasteiger charge is 2.32. The second-order valence-corrected chi connectivity index (χ2v) is 9.76. The predicted octanol–water partition coefficient (Wildman–Crippen LogP) is 4.38. The quantitative estimate of drug-likeness (QED) is 0.375. The Morgan fingerprint density at radius 1 is 1.14 bits per heavy atom. The van der Waals surface area contributed by atoms with E-state index in [1.54, 1.807) is 23.0 Å². The first-order chi connectivity index (χ1) is 18.1. The smallest absolute Gasteiger partial charge is 0.302 e. The Hall–Kier alpha value is -4.29. The fourth-order valence-corrected chi connectivity index (χ4v) is 5.19. The van der Waals surface area contributed by atoms with Crippen LogP contribution in [0.1, 0.15) is 31.7 Å². The Morgan fingerprint density at radius 2 is 2.00 bits per heavy atom. The summed E-state index contributed by atoms with van der Waals surface area (Å²) in [4.78, 5) is 14.4. The summed E-state index contributed by atoms with van der Waals surface area (Å²) >= 11 is 0. The molecule has 0 bridgehead atoms. The minimum atomic E-state index is 0.0787. The number of hydrogen-bond donors (Lipinski definition) is 1. The average Bonchev–Trinajstić information content (AvgIpc) is 3.59. The summed E-state index contributed by atoms with van der Waals surface area (Å²) in [5, 5.41) is 18.1. The Balaban J connectivity index is 1.51. The molecular formula is C28H28N8O. The zero-order chi connectivity index (χ0) is 25.4. The molecule has 37 heavy (non-hydrogen) atoms. The van der Waals surface area contributed by atoms with Crippen molar-refractivity contribution in [1.29, 1.82) is 5.26 Å². The third kappa shape index (κ3) is 4.09. The average molecular weight is 493 g/mol. The molecule has 1 fully saturated rings. The molecule has 1 aliphatic heterocycles. The van der Waals surface area contributed by atoms with E-state index in [1.165, 1.54) is 0 Å². The van der Waals surface area contributed by atoms with Crippen LogP contribution in [0.2, 0.25) is 0 Å². The Kier molecular flexibility index (Phi) is 5.81. The van der Waals surface area contributed by atoms with Gasteiger partial charge in [0.1, 0.15) is 0 Å². The van der Waals surface area contributed by atoms with Gasteiger partial charge in [0.2, 0.25) is 0 Å². The summed E-state index contributed by atoms with van der Waals surface area (Å²) in [7, 11) is 1.88. The van der Waals surface area contributed by atoms with Gasteiger partial charge in [-0.2, -0.15) is 15.3 Å². The highest BCUT2D eigenvalue weighted by Crippen LogP contribution is 2.37. The molecule has 0 aliphatic carbocycles. The Bertz CT molecular complexity index is 1620. The van der Waals surface area contributed by atoms with Crippen molar-refractivity contribution in [2.24, 2.45) is 12.5 Å². The first kappa shape index (κ1) is 23.1. The SMILES string of the molecule is CC[C@@]1(COc2nc(-c3ccc(C#N)cc3)c(-c3cnc4c(cnn4C)c3)c3nccn23)CCCNC1. The minimum Gasteiger partial charge on any atom is -0.464 e. The molecule has 5 aromatic rings. The van der Waals surface area contributed by atoms with Gasteiger partial charge in [0.25, 0.3) is 0 Å². The molecular weight excluding hydrogens is 464 g/mol. The van der Waals surface area contributed by atoms with Crippen molar-refractivity contribution < 1.29 is 4.74 Å². The number of nitrogens with zero attached hydrogens (tertiary/aromatic N) is 7. The first-order valence-corrected chi connectivity index (χ1v) is 12.6. The van der Waals surface area contributed by atoms with Crippen molar-refractivity contribution in [3.8, 4) is 34.5 Å². The summed E-state index contributed by atoms with van der Waals surface area (Å²) < 4.78 is 10.1. The van der Waals surface area contributed by atoms with Gasteiger partial charge in [-0.1, -0.05) is 19.1 Å². The van der Waals surface area contributed by atoms with Gasteiger partial charge in [0, 0.05) is 54.1 Å². The second-order valence-electron chi connectivity index (χ2n) is 9.76. The summed E-state index contributed by atoms with van der Waals surface area (Å²) in [6.07, 6.45) is 10.6. The molecule has 4 aromatic heterocycles. The molecule has 0 saturated carbocycles. The number of pyridine rings is 1. The van der Waals surface area contributed by atoms with Gasteiger partial charge in [0.15, 0.2) is 11.3 Å². The van der Waals surface area contributed by atoms with Crippen LogP contribution in [-0.2, 0) is 7.05 Å². The molecule has 6 rings (SSSR count). The fraction of sp³-hybridized carbons (Fsp3) is 0.321. The summed E-state index contributed by atoms with van der Waals surface area (Å²) in [6, 6.07) is 12.2. The Morgan fingerprint density at radius 3 is 2.76 bits per heavy atom. The number of hydrogen-bond acceptors (Lipinski definition) is 7. The number of nitriles is 1. The van der Waals surface area contributed by atoms with Crippen LogP contribution in [0.15, 0.2) is 55.1 Å². The molecule has 1 aliphatic rings. The standard InChI is InChI=1S/C28H28N8O/c1-3-28(9-4-10-30-17-28)18-37-27-34-24(20-7-5-19(14-29)6-8-20)23(26-31-11-12-36(26)27)21-13-22-16-33-35(2)25(22)32-15-21/h5-8,11-13,15-16,30H,3-4,9-10,17-18H2,1-2H3/t28-/m1/s1. The molecule has 0 radical (unpaired) electrons. The number of nitrogens with one attached hydrogen (secondary N) is 1. The number of imidazole rings is 1. The summed E-state index contributed by atoms with van der Waals surface area (Å²) in [5.41, 5.74) is 5.56. The van der Waals surface area contributed by atoms with Crippen LogP contribution in [-0.4, -0.2) is 48.8 Å². The Labute approximate surface area is 214 Å². The topological polar surface area (TPSA) is 106 Å². The first-order valence-electron chi connectivity index (χ1n) is 12.6. The van der Waals surface area contributed by atoms with Crippen LogP contribution < -0.4 is 10.1 Å². The molecule has 0 amide bonds. The van der Waals surface area contributed by atoms with E-state index in [2.05, 4.69) is 34.5 Å². The van der Waals surface area contributed by atoms with Crippen LogP contribution >= 0.6 is 0 Å². The number of fused-ring (bicyclic) bond motifs is 2. The number of rotatable bonds is 6. The number of aromatic nitrogens is 6. The van der Waals surface area contributed by atoms with Crippen LogP contribution in [0.4, 0.5) is 0 Å². The van der Waals surface area contributed by atoms with E-state index < -0.39 is 0 Å². The van der Waals surface area contributed by atoms with Crippen LogP contribution in [0.25, 0.3) is 39.1 Å². The van der Waals surface area contributed by atoms with Crippen molar-refractivity contribution >= 4 is 16.7 Å². The van der Waals surface area contributed by atoms with Crippen LogP contribution in [0, 0.1) is 16.7 Å². The molecule has 9 heteroatoms. The molecule has 5 heterocycles. The van der Waals surface area contributed by atoms with E-state index in [-0.39, 0.29) is 5.41 Å². The van der Waals surface area contributed by atoms with Gasteiger partial charge in [-0.15, -0.1) is 0 Å². The lowest BCUT2D eigenvalue weighted by Crippen LogP contribution is -2.43. The van der Waals surface area contributed by atoms with Gasteiger partial charge in [-0.05, 0) is 44.0 Å². The van der Waals surface area contributed by atoms with E-state index >= 15 is 0 Å². The zero-order valence-corrected chi connectivity index (χ0v) is 21.0. The monoisotopic (exact) mass is 492 g/mol. The van der Waals surface area contributed by atoms with Crippen molar-refractivity contribution in [3.63, 3.8) is 0 Å². The van der Waals surface area contributed by atoms with E-state index in [0.29, 0.717) is 18.2 Å². The molecule has 1 aromatic carbocycles. The zero-order valence-electron chi connectivity index (χ0n) is 21.0. The summed E-state index contributed by atoms with van der Waals surface area (Å²) in [6.45, 7) is 4.79. The van der Waals surface area contributed by atoms with E-state index in [9.17, 15) is 5.26 Å². The third-order valence-electron chi connectivity index (χ3n) is 7.48. The van der Waals surface area contributed by atoms with Gasteiger partial charge in [-0.3, -0.25) is 9.08 Å². The maximum absolute atomic E-state index is 9.31. The lowest BCUT2D eigenvalue weighted by atomic mass is 9.79. The van der Waals surface area contributed by atoms with E-state index in [0.717, 1.165) is 71.4 Å². The number of aryl methyl sites for hydroxylation is 1. The molecule has 186 valence electrons. The van der Waals surface area contributed by atoms with Gasteiger partial charge in [-0.25, -0.2) is 9.97 Å². The van der Waals surface area contributed by atoms with Crippen LogP contribution in [0.5, 0.6) is 6.01 Å². The van der Waals surface area contributed by atoms with Crippen molar-refractivity contribution in [2.75, 3.05) is 19.7 Å². The summed E-state index contributed by atoms with van der Waals surface area (Å²) in [5.74, 6) is 0. The second kappa shape index (κ2) is 9.30. The minimum absolute atomic E-state index is 0.0787. The third-order valence-corrected chi connectivity index (χ3v) is 7.48. The molecule has 1 atom stereocenters. The number of benzene rings is 1. The van der Waals surface area contributed by atoms with Gasteiger partial charge >= 0.3 is 6.01 Å². The maximum atomic E-state index is 9.31. The highest BCUT2D eigenvalue weighted by molar-refractivity contribution is 5.93. The maximum Gasteiger partial charge on any atom is 0.302 e. The fourth-order valence-electron chi connectivity index (χ4n) is 5.19. The number of piperidine rings is 1. The van der Waals surface area contributed by atoms with Gasteiger partial charge < -0.3 is 10.1 Å². The van der Waals surface area contributed by atoms with E-state index in [1.807, 2.05) is 42.2 Å². The lowest BCUT2D eigenvalue weighted by molar-refractivity contribution is 0.0982.